The molecule has 4 aromatic rings. The third-order valence-corrected chi connectivity index (χ3v) is 5.09. The quantitative estimate of drug-likeness (QED) is 0.265. The average Bonchev–Trinajstić information content (AvgIpc) is 3.32. The van der Waals surface area contributed by atoms with Crippen LogP contribution >= 0.6 is 0 Å². The Morgan fingerprint density at radius 1 is 1.03 bits per heavy atom. The van der Waals surface area contributed by atoms with Crippen molar-refractivity contribution in [1.82, 2.24) is 25.1 Å². The lowest BCUT2D eigenvalue weighted by Crippen LogP contribution is -2.26. The summed E-state index contributed by atoms with van der Waals surface area (Å²) in [5.41, 5.74) is 1.74. The van der Waals surface area contributed by atoms with Gasteiger partial charge in [0.2, 0.25) is 17.5 Å². The number of fused-ring (bicyclic) bond motifs is 1. The highest BCUT2D eigenvalue weighted by molar-refractivity contribution is 5.91. The molecule has 2 heterocycles. The van der Waals surface area contributed by atoms with Gasteiger partial charge in [0.1, 0.15) is 12.4 Å². The second-order valence-electron chi connectivity index (χ2n) is 7.41. The first-order chi connectivity index (χ1) is 17.5. The van der Waals surface area contributed by atoms with Gasteiger partial charge in [-0.2, -0.15) is 4.52 Å². The fourth-order valence-corrected chi connectivity index (χ4v) is 3.41. The summed E-state index contributed by atoms with van der Waals surface area (Å²) in [5, 5.41) is 15.2. The number of hydrogen-bond donors (Lipinski definition) is 1. The molecular formula is C25H24FN5O5. The molecule has 0 bridgehead atoms. The zero-order chi connectivity index (χ0) is 25.5. The minimum absolute atomic E-state index is 0.180. The summed E-state index contributed by atoms with van der Waals surface area (Å²) in [6.07, 6.45) is 3.03. The summed E-state index contributed by atoms with van der Waals surface area (Å²) >= 11 is 0. The van der Waals surface area contributed by atoms with Gasteiger partial charge in [0.25, 0.3) is 0 Å². The molecule has 1 amide bonds. The zero-order valence-electron chi connectivity index (χ0n) is 19.9. The van der Waals surface area contributed by atoms with Crippen LogP contribution in [0.5, 0.6) is 23.1 Å². The molecule has 0 atom stereocenters. The number of carbonyl (C=O) groups is 1. The van der Waals surface area contributed by atoms with Crippen LogP contribution in [-0.4, -0.2) is 60.2 Å². The Bertz CT molecular complexity index is 1380. The molecule has 0 radical (unpaired) electrons. The monoisotopic (exact) mass is 493 g/mol. The molecule has 0 spiro atoms. The van der Waals surface area contributed by atoms with Crippen molar-refractivity contribution in [3.05, 3.63) is 66.0 Å². The van der Waals surface area contributed by atoms with Crippen LogP contribution in [0.3, 0.4) is 0 Å². The smallest absolute Gasteiger partial charge is 0.244 e. The highest BCUT2D eigenvalue weighted by Gasteiger charge is 2.13. The summed E-state index contributed by atoms with van der Waals surface area (Å²) in [7, 11) is 4.57. The molecule has 36 heavy (non-hydrogen) atoms. The number of methoxy groups -OCH3 is 3. The molecule has 10 nitrogen and oxygen atoms in total. The molecule has 0 aliphatic rings. The summed E-state index contributed by atoms with van der Waals surface area (Å²) in [5.74, 6) is 1.46. The van der Waals surface area contributed by atoms with Crippen LogP contribution in [0, 0.1) is 5.82 Å². The highest BCUT2D eigenvalue weighted by Crippen LogP contribution is 2.38. The molecule has 0 aliphatic heterocycles. The van der Waals surface area contributed by atoms with Gasteiger partial charge in [-0.15, -0.1) is 15.3 Å². The molecule has 0 unspecified atom stereocenters. The van der Waals surface area contributed by atoms with Gasteiger partial charge in [0.05, 0.1) is 27.9 Å². The van der Waals surface area contributed by atoms with E-state index >= 15 is 0 Å². The van der Waals surface area contributed by atoms with E-state index in [1.165, 1.54) is 44.1 Å². The fraction of sp³-hybridized carbons (Fsp3) is 0.200. The second-order valence-corrected chi connectivity index (χ2v) is 7.41. The summed E-state index contributed by atoms with van der Waals surface area (Å²) in [6, 6.07) is 12.8. The van der Waals surface area contributed by atoms with Crippen molar-refractivity contribution in [1.29, 1.82) is 0 Å². The second kappa shape index (κ2) is 11.2. The number of hydrogen-bond acceptors (Lipinski definition) is 8. The first kappa shape index (κ1) is 24.5. The van der Waals surface area contributed by atoms with E-state index in [1.807, 2.05) is 0 Å². The summed E-state index contributed by atoms with van der Waals surface area (Å²) in [4.78, 5) is 12.2. The van der Waals surface area contributed by atoms with E-state index in [0.29, 0.717) is 45.7 Å². The molecule has 2 aromatic heterocycles. The lowest BCUT2D eigenvalue weighted by Gasteiger charge is -2.12. The van der Waals surface area contributed by atoms with Gasteiger partial charge in [0.15, 0.2) is 23.0 Å². The Kier molecular flexibility index (Phi) is 7.59. The number of nitrogens with one attached hydrogen (secondary N) is 1. The van der Waals surface area contributed by atoms with Gasteiger partial charge in [-0.1, -0.05) is 12.1 Å². The molecule has 0 fully saturated rings. The molecule has 2 aromatic carbocycles. The molecule has 186 valence electrons. The average molecular weight is 493 g/mol. The number of carbonyl (C=O) groups excluding carboxylic acids is 1. The van der Waals surface area contributed by atoms with Crippen LogP contribution in [0.25, 0.3) is 23.1 Å². The lowest BCUT2D eigenvalue weighted by molar-refractivity contribution is -0.116. The van der Waals surface area contributed by atoms with Crippen LogP contribution < -0.4 is 24.3 Å². The van der Waals surface area contributed by atoms with Gasteiger partial charge in [0, 0.05) is 17.7 Å². The standard InChI is InChI=1S/C25H24FN5O5/c1-33-19-13-16(14-20(34-2)24(19)35-3)7-9-22(32)27-11-12-36-23-10-8-21-28-29-25(31(21)30-23)17-5-4-6-18(26)15-17/h4-10,13-15H,11-12H2,1-3H3,(H,27,32)/b9-7+. The third-order valence-electron chi connectivity index (χ3n) is 5.09. The number of rotatable bonds is 10. The number of benzene rings is 2. The van der Waals surface area contributed by atoms with Crippen LogP contribution in [0.15, 0.2) is 54.6 Å². The molecule has 11 heteroatoms. The molecule has 1 N–H and O–H groups in total. The van der Waals surface area contributed by atoms with E-state index in [9.17, 15) is 9.18 Å². The number of nitrogens with zero attached hydrogens (tertiary/aromatic N) is 4. The normalized spacial score (nSPS) is 11.0. The number of halogens is 1. The van der Waals surface area contributed by atoms with Crippen molar-refractivity contribution in [2.45, 2.75) is 0 Å². The van der Waals surface area contributed by atoms with Gasteiger partial charge < -0.3 is 24.3 Å². The molecule has 0 saturated heterocycles. The first-order valence-corrected chi connectivity index (χ1v) is 10.9. The Balaban J connectivity index is 1.34. The van der Waals surface area contributed by atoms with Crippen molar-refractivity contribution in [2.24, 2.45) is 0 Å². The van der Waals surface area contributed by atoms with Gasteiger partial charge in [-0.25, -0.2) is 4.39 Å². The first-order valence-electron chi connectivity index (χ1n) is 10.9. The molecule has 0 saturated carbocycles. The van der Waals surface area contributed by atoms with Crippen molar-refractivity contribution in [3.63, 3.8) is 0 Å². The van der Waals surface area contributed by atoms with Crippen molar-refractivity contribution < 1.29 is 28.1 Å². The molecule has 0 aliphatic carbocycles. The Morgan fingerprint density at radius 3 is 2.50 bits per heavy atom. The number of aromatic nitrogens is 4. The fourth-order valence-electron chi connectivity index (χ4n) is 3.41. The molecule has 4 rings (SSSR count). The van der Waals surface area contributed by atoms with Crippen molar-refractivity contribution in [3.8, 4) is 34.5 Å². The van der Waals surface area contributed by atoms with Crippen LogP contribution in [0.2, 0.25) is 0 Å². The maximum absolute atomic E-state index is 13.6. The Morgan fingerprint density at radius 2 is 1.81 bits per heavy atom. The molecular weight excluding hydrogens is 469 g/mol. The van der Waals surface area contributed by atoms with Crippen LogP contribution in [-0.2, 0) is 4.79 Å². The largest absolute Gasteiger partial charge is 0.493 e. The van der Waals surface area contributed by atoms with Crippen LogP contribution in [0.1, 0.15) is 5.56 Å². The van der Waals surface area contributed by atoms with E-state index in [1.54, 1.807) is 42.5 Å². The predicted molar refractivity (Wildman–Crippen MR) is 130 cm³/mol. The van der Waals surface area contributed by atoms with Gasteiger partial charge >= 0.3 is 0 Å². The lowest BCUT2D eigenvalue weighted by atomic mass is 10.1. The predicted octanol–water partition coefficient (Wildman–Crippen LogP) is 3.16. The minimum atomic E-state index is -0.383. The topological polar surface area (TPSA) is 109 Å². The maximum Gasteiger partial charge on any atom is 0.244 e. The van der Waals surface area contributed by atoms with E-state index in [-0.39, 0.29) is 24.9 Å². The van der Waals surface area contributed by atoms with Crippen LogP contribution in [0.4, 0.5) is 4.39 Å². The third kappa shape index (κ3) is 5.52. The SMILES string of the molecule is COc1cc(/C=C/C(=O)NCCOc2ccc3nnc(-c4cccc(F)c4)n3n2)cc(OC)c1OC. The Hall–Kier alpha value is -4.67. The summed E-state index contributed by atoms with van der Waals surface area (Å²) in [6.45, 7) is 0.427. The Labute approximate surface area is 206 Å². The number of ether oxygens (including phenoxy) is 4. The van der Waals surface area contributed by atoms with Crippen molar-refractivity contribution in [2.75, 3.05) is 34.5 Å². The van der Waals surface area contributed by atoms with E-state index in [0.717, 1.165) is 0 Å². The van der Waals surface area contributed by atoms with E-state index in [2.05, 4.69) is 20.6 Å². The van der Waals surface area contributed by atoms with Crippen molar-refractivity contribution >= 4 is 17.6 Å². The number of amides is 1. The van der Waals surface area contributed by atoms with E-state index in [4.69, 9.17) is 18.9 Å². The summed E-state index contributed by atoms with van der Waals surface area (Å²) < 4.78 is 36.7. The van der Waals surface area contributed by atoms with Gasteiger partial charge in [-0.05, 0) is 42.0 Å². The highest BCUT2D eigenvalue weighted by atomic mass is 19.1. The zero-order valence-corrected chi connectivity index (χ0v) is 19.9. The van der Waals surface area contributed by atoms with E-state index < -0.39 is 0 Å². The minimum Gasteiger partial charge on any atom is -0.493 e. The van der Waals surface area contributed by atoms with Gasteiger partial charge in [-0.3, -0.25) is 4.79 Å². The maximum atomic E-state index is 13.6.